The highest BCUT2D eigenvalue weighted by Gasteiger charge is 2.61. The normalized spacial score (nSPS) is 35.8. The van der Waals surface area contributed by atoms with Gasteiger partial charge in [0.05, 0.1) is 0 Å². The Balaban J connectivity index is 1.70. The summed E-state index contributed by atoms with van der Waals surface area (Å²) in [5.74, 6) is 0.158. The number of hydrogen-bond donors (Lipinski definition) is 1. The molecule has 2 saturated heterocycles. The number of carbonyl (C=O) groups is 1. The minimum atomic E-state index is -0.771. The number of amides is 1. The molecule has 4 rings (SSSR count). The molecule has 3 fully saturated rings. The lowest BCUT2D eigenvalue weighted by Crippen LogP contribution is -2.58. The zero-order chi connectivity index (χ0) is 19.2. The molecule has 3 aliphatic rings. The van der Waals surface area contributed by atoms with Crippen LogP contribution in [0.25, 0.3) is 0 Å². The van der Waals surface area contributed by atoms with Gasteiger partial charge in [0.25, 0.3) is 5.91 Å². The highest BCUT2D eigenvalue weighted by molar-refractivity contribution is 5.85. The lowest BCUT2D eigenvalue weighted by Gasteiger charge is -2.43. The first-order chi connectivity index (χ1) is 12.9. The van der Waals surface area contributed by atoms with Crippen molar-refractivity contribution >= 4 is 5.91 Å². The van der Waals surface area contributed by atoms with E-state index >= 15 is 0 Å². The fourth-order valence-electron chi connectivity index (χ4n) is 5.83. The number of nitrogens with one attached hydrogen (secondary N) is 1. The van der Waals surface area contributed by atoms with Gasteiger partial charge in [-0.3, -0.25) is 4.79 Å². The average molecular weight is 371 g/mol. The molecule has 148 valence electrons. The molecule has 0 radical (unpaired) electrons. The van der Waals surface area contributed by atoms with E-state index in [2.05, 4.69) is 47.5 Å². The van der Waals surface area contributed by atoms with Gasteiger partial charge in [-0.15, -0.1) is 0 Å². The molecule has 4 nitrogen and oxygen atoms in total. The first kappa shape index (κ1) is 18.9. The molecule has 0 spiro atoms. The summed E-state index contributed by atoms with van der Waals surface area (Å²) in [6, 6.07) is 12.1. The van der Waals surface area contributed by atoms with Crippen LogP contribution in [0.2, 0.25) is 0 Å². The molecule has 4 heteroatoms. The second kappa shape index (κ2) is 6.89. The highest BCUT2D eigenvalue weighted by Crippen LogP contribution is 2.52. The Hall–Kier alpha value is -1.39. The molecule has 2 aliphatic heterocycles. The summed E-state index contributed by atoms with van der Waals surface area (Å²) in [5.41, 5.74) is 0.747. The van der Waals surface area contributed by atoms with Crippen LogP contribution in [0.5, 0.6) is 0 Å². The van der Waals surface area contributed by atoms with Gasteiger partial charge in [-0.05, 0) is 45.1 Å². The monoisotopic (exact) mass is 370 g/mol. The summed E-state index contributed by atoms with van der Waals surface area (Å²) in [6.45, 7) is 6.24. The van der Waals surface area contributed by atoms with Crippen LogP contribution in [-0.2, 0) is 16.0 Å². The van der Waals surface area contributed by atoms with E-state index in [9.17, 15) is 4.79 Å². The second-order valence-electron chi connectivity index (χ2n) is 9.52. The number of piperidine rings is 1. The van der Waals surface area contributed by atoms with Crippen LogP contribution >= 0.6 is 0 Å². The quantitative estimate of drug-likeness (QED) is 0.881. The molecule has 5 atom stereocenters. The van der Waals surface area contributed by atoms with Crippen molar-refractivity contribution in [1.29, 1.82) is 0 Å². The minimum Gasteiger partial charge on any atom is -0.369 e. The van der Waals surface area contributed by atoms with Crippen LogP contribution < -0.4 is 5.32 Å². The molecule has 0 unspecified atom stereocenters. The third-order valence-corrected chi connectivity index (χ3v) is 7.56. The molecule has 1 aliphatic carbocycles. The minimum absolute atomic E-state index is 0.158. The summed E-state index contributed by atoms with van der Waals surface area (Å²) in [6.07, 6.45) is 6.89. The number of ether oxygens (including phenoxy) is 1. The lowest BCUT2D eigenvalue weighted by molar-refractivity contribution is -0.155. The maximum Gasteiger partial charge on any atom is 0.254 e. The molecule has 1 aromatic carbocycles. The number of nitrogens with zero attached hydrogens (tertiary/aromatic N) is 1. The topological polar surface area (TPSA) is 41.6 Å². The Morgan fingerprint density at radius 1 is 1.26 bits per heavy atom. The molecule has 1 amide bonds. The van der Waals surface area contributed by atoms with E-state index in [1.165, 1.54) is 24.8 Å². The summed E-state index contributed by atoms with van der Waals surface area (Å²) < 4.78 is 5.60. The van der Waals surface area contributed by atoms with Gasteiger partial charge < -0.3 is 15.0 Å². The predicted octanol–water partition coefficient (Wildman–Crippen LogP) is 3.54. The maximum atomic E-state index is 13.6. The molecule has 0 aromatic heterocycles. The van der Waals surface area contributed by atoms with Gasteiger partial charge in [-0.1, -0.05) is 50.1 Å². The third-order valence-electron chi connectivity index (χ3n) is 7.56. The number of methoxy groups -OCH3 is 1. The third kappa shape index (κ3) is 3.11. The smallest absolute Gasteiger partial charge is 0.254 e. The SMILES string of the molecule is COC(C)(C)C(=O)N1[C@H]2CCCC[C@H]3N[C@@H](Cc4ccccc4)[C@@H]1C[C@@]23C. The number of fused-ring (bicyclic) bond motifs is 1. The van der Waals surface area contributed by atoms with E-state index in [1.54, 1.807) is 7.11 Å². The van der Waals surface area contributed by atoms with Crippen LogP contribution in [0.3, 0.4) is 0 Å². The maximum absolute atomic E-state index is 13.6. The van der Waals surface area contributed by atoms with E-state index in [-0.39, 0.29) is 17.4 Å². The summed E-state index contributed by atoms with van der Waals surface area (Å²) in [5, 5.41) is 4.00. The van der Waals surface area contributed by atoms with Gasteiger partial charge in [-0.2, -0.15) is 0 Å². The highest BCUT2D eigenvalue weighted by atomic mass is 16.5. The average Bonchev–Trinajstić information content (AvgIpc) is 2.81. The number of rotatable bonds is 4. The van der Waals surface area contributed by atoms with E-state index in [0.717, 1.165) is 19.3 Å². The first-order valence-corrected chi connectivity index (χ1v) is 10.5. The molecule has 2 bridgehead atoms. The van der Waals surface area contributed by atoms with Gasteiger partial charge in [0.15, 0.2) is 0 Å². The van der Waals surface area contributed by atoms with Gasteiger partial charge >= 0.3 is 0 Å². The molecular formula is C23H34N2O2. The second-order valence-corrected chi connectivity index (χ2v) is 9.52. The van der Waals surface area contributed by atoms with Crippen molar-refractivity contribution in [1.82, 2.24) is 10.2 Å². The fraction of sp³-hybridized carbons (Fsp3) is 0.696. The Morgan fingerprint density at radius 2 is 1.96 bits per heavy atom. The van der Waals surface area contributed by atoms with Gasteiger partial charge in [0.1, 0.15) is 5.60 Å². The number of carbonyl (C=O) groups excluding carboxylic acids is 1. The summed E-state index contributed by atoms with van der Waals surface area (Å²) >= 11 is 0. The van der Waals surface area contributed by atoms with Crippen molar-refractivity contribution in [2.45, 2.75) is 89.1 Å². The van der Waals surface area contributed by atoms with Gasteiger partial charge in [0, 0.05) is 36.7 Å². The molecule has 1 saturated carbocycles. The lowest BCUT2D eigenvalue weighted by atomic mass is 9.70. The molecule has 27 heavy (non-hydrogen) atoms. The van der Waals surface area contributed by atoms with Crippen LogP contribution in [0, 0.1) is 5.41 Å². The fourth-order valence-corrected chi connectivity index (χ4v) is 5.83. The standard InChI is InChI=1S/C23H34N2O2/c1-22(2,27-4)21(26)25-18-15-23(3)19(12-8-9-13-20(23)25)24-17(18)14-16-10-6-5-7-11-16/h5-7,10-11,17-20,24H,8-9,12-15H2,1-4H3/t17-,18-,19+,20-,23+/m0/s1. The van der Waals surface area contributed by atoms with Crippen LogP contribution in [0.4, 0.5) is 0 Å². The zero-order valence-corrected chi connectivity index (χ0v) is 17.2. The Kier molecular flexibility index (Phi) is 4.84. The first-order valence-electron chi connectivity index (χ1n) is 10.5. The Labute approximate surface area is 163 Å². The number of likely N-dealkylation sites (tertiary alicyclic amines) is 1. The summed E-state index contributed by atoms with van der Waals surface area (Å²) in [4.78, 5) is 15.8. The van der Waals surface area contributed by atoms with E-state index < -0.39 is 5.60 Å². The summed E-state index contributed by atoms with van der Waals surface area (Å²) in [7, 11) is 1.65. The Morgan fingerprint density at radius 3 is 2.67 bits per heavy atom. The number of hydrogen-bond acceptors (Lipinski definition) is 3. The van der Waals surface area contributed by atoms with Crippen molar-refractivity contribution in [2.75, 3.05) is 7.11 Å². The number of benzene rings is 1. The predicted molar refractivity (Wildman–Crippen MR) is 108 cm³/mol. The largest absolute Gasteiger partial charge is 0.369 e. The van der Waals surface area contributed by atoms with Crippen molar-refractivity contribution in [3.05, 3.63) is 35.9 Å². The van der Waals surface area contributed by atoms with Crippen molar-refractivity contribution in [3.8, 4) is 0 Å². The van der Waals surface area contributed by atoms with Crippen molar-refractivity contribution in [3.63, 3.8) is 0 Å². The van der Waals surface area contributed by atoms with E-state index in [4.69, 9.17) is 4.74 Å². The van der Waals surface area contributed by atoms with E-state index in [0.29, 0.717) is 18.1 Å². The zero-order valence-electron chi connectivity index (χ0n) is 17.2. The van der Waals surface area contributed by atoms with Gasteiger partial charge in [-0.25, -0.2) is 0 Å². The van der Waals surface area contributed by atoms with Crippen LogP contribution in [-0.4, -0.2) is 47.7 Å². The van der Waals surface area contributed by atoms with E-state index in [1.807, 2.05) is 13.8 Å². The van der Waals surface area contributed by atoms with Crippen molar-refractivity contribution in [2.24, 2.45) is 5.41 Å². The molecule has 1 aromatic rings. The van der Waals surface area contributed by atoms with Crippen LogP contribution in [0.1, 0.15) is 58.4 Å². The van der Waals surface area contributed by atoms with Crippen molar-refractivity contribution < 1.29 is 9.53 Å². The Bertz CT molecular complexity index is 689. The molecular weight excluding hydrogens is 336 g/mol. The molecule has 2 heterocycles. The van der Waals surface area contributed by atoms with Gasteiger partial charge in [0.2, 0.25) is 0 Å². The van der Waals surface area contributed by atoms with Crippen LogP contribution in [0.15, 0.2) is 30.3 Å². The molecule has 1 N–H and O–H groups in total.